The van der Waals surface area contributed by atoms with Crippen molar-refractivity contribution in [2.45, 2.75) is 12.5 Å². The SMILES string of the molecule is COc1ccccc1-c1ccc(C[C@H](NC(=O)CBr)C(=O)O)cc1. The molecule has 1 amide bonds. The summed E-state index contributed by atoms with van der Waals surface area (Å²) in [5.41, 5.74) is 2.78. The summed E-state index contributed by atoms with van der Waals surface area (Å²) in [5, 5.41) is 11.8. The van der Waals surface area contributed by atoms with Crippen LogP contribution in [-0.4, -0.2) is 35.5 Å². The quantitative estimate of drug-likeness (QED) is 0.711. The molecular formula is C18H18BrNO4. The van der Waals surface area contributed by atoms with Crippen molar-refractivity contribution in [2.75, 3.05) is 12.4 Å². The molecule has 0 aliphatic rings. The van der Waals surface area contributed by atoms with E-state index in [1.54, 1.807) is 7.11 Å². The summed E-state index contributed by atoms with van der Waals surface area (Å²) in [5.74, 6) is -0.635. The van der Waals surface area contributed by atoms with E-state index in [0.717, 1.165) is 22.4 Å². The summed E-state index contributed by atoms with van der Waals surface area (Å²) in [6.07, 6.45) is 0.222. The highest BCUT2D eigenvalue weighted by Gasteiger charge is 2.19. The number of nitrogens with one attached hydrogen (secondary N) is 1. The minimum Gasteiger partial charge on any atom is -0.496 e. The fraction of sp³-hybridized carbons (Fsp3) is 0.222. The van der Waals surface area contributed by atoms with Crippen LogP contribution in [0.2, 0.25) is 0 Å². The lowest BCUT2D eigenvalue weighted by Gasteiger charge is -2.14. The van der Waals surface area contributed by atoms with E-state index in [2.05, 4.69) is 21.2 Å². The number of ether oxygens (including phenoxy) is 1. The van der Waals surface area contributed by atoms with Crippen LogP contribution in [0.25, 0.3) is 11.1 Å². The molecule has 2 aromatic carbocycles. The standard InChI is InChI=1S/C18H18BrNO4/c1-24-16-5-3-2-4-14(16)13-8-6-12(7-9-13)10-15(18(22)23)20-17(21)11-19/h2-9,15H,10-11H2,1H3,(H,20,21)(H,22,23)/t15-/m0/s1. The molecule has 2 rings (SSSR count). The van der Waals surface area contributed by atoms with Gasteiger partial charge in [0.05, 0.1) is 12.4 Å². The summed E-state index contributed by atoms with van der Waals surface area (Å²) in [6.45, 7) is 0. The second kappa shape index (κ2) is 8.49. The van der Waals surface area contributed by atoms with Crippen LogP contribution in [-0.2, 0) is 16.0 Å². The van der Waals surface area contributed by atoms with Crippen LogP contribution in [0, 0.1) is 0 Å². The number of hydrogen-bond acceptors (Lipinski definition) is 3. The number of methoxy groups -OCH3 is 1. The highest BCUT2D eigenvalue weighted by atomic mass is 79.9. The Morgan fingerprint density at radius 1 is 1.17 bits per heavy atom. The summed E-state index contributed by atoms with van der Waals surface area (Å²) in [7, 11) is 1.62. The topological polar surface area (TPSA) is 75.6 Å². The van der Waals surface area contributed by atoms with Gasteiger partial charge in [-0.25, -0.2) is 4.79 Å². The van der Waals surface area contributed by atoms with Crippen molar-refractivity contribution in [3.63, 3.8) is 0 Å². The van der Waals surface area contributed by atoms with Crippen LogP contribution in [0.3, 0.4) is 0 Å². The number of benzene rings is 2. The van der Waals surface area contributed by atoms with Gasteiger partial charge in [0.15, 0.2) is 0 Å². The number of alkyl halides is 1. The third-order valence-corrected chi connectivity index (χ3v) is 4.08. The molecule has 5 nitrogen and oxygen atoms in total. The Hall–Kier alpha value is -2.34. The number of carboxylic acid groups (broad SMARTS) is 1. The highest BCUT2D eigenvalue weighted by molar-refractivity contribution is 9.09. The maximum absolute atomic E-state index is 11.4. The van der Waals surface area contributed by atoms with Crippen molar-refractivity contribution >= 4 is 27.8 Å². The first kappa shape index (κ1) is 18.0. The minimum atomic E-state index is -1.06. The van der Waals surface area contributed by atoms with Crippen molar-refractivity contribution < 1.29 is 19.4 Å². The number of para-hydroxylation sites is 1. The average Bonchev–Trinajstić information content (AvgIpc) is 2.61. The second-order valence-electron chi connectivity index (χ2n) is 5.19. The van der Waals surface area contributed by atoms with Crippen molar-refractivity contribution in [3.05, 3.63) is 54.1 Å². The largest absolute Gasteiger partial charge is 0.496 e. The Balaban J connectivity index is 2.16. The van der Waals surface area contributed by atoms with E-state index in [1.165, 1.54) is 0 Å². The Kier molecular flexibility index (Phi) is 6.37. The van der Waals surface area contributed by atoms with Crippen molar-refractivity contribution in [2.24, 2.45) is 0 Å². The number of aliphatic carboxylic acids is 1. The number of carboxylic acids is 1. The maximum Gasteiger partial charge on any atom is 0.326 e. The Morgan fingerprint density at radius 3 is 2.42 bits per heavy atom. The van der Waals surface area contributed by atoms with Gasteiger partial charge in [-0.05, 0) is 17.2 Å². The van der Waals surface area contributed by atoms with Crippen LogP contribution >= 0.6 is 15.9 Å². The van der Waals surface area contributed by atoms with Crippen LogP contribution in [0.5, 0.6) is 5.75 Å². The number of halogens is 1. The van der Waals surface area contributed by atoms with E-state index in [0.29, 0.717) is 0 Å². The van der Waals surface area contributed by atoms with E-state index >= 15 is 0 Å². The van der Waals surface area contributed by atoms with Crippen LogP contribution < -0.4 is 10.1 Å². The summed E-state index contributed by atoms with van der Waals surface area (Å²) >= 11 is 3.01. The monoisotopic (exact) mass is 391 g/mol. The first-order valence-electron chi connectivity index (χ1n) is 7.35. The molecule has 1 atom stereocenters. The Morgan fingerprint density at radius 2 is 1.83 bits per heavy atom. The zero-order chi connectivity index (χ0) is 17.5. The molecule has 0 unspecified atom stereocenters. The van der Waals surface area contributed by atoms with E-state index in [1.807, 2.05) is 48.5 Å². The van der Waals surface area contributed by atoms with Crippen molar-refractivity contribution in [3.8, 4) is 16.9 Å². The van der Waals surface area contributed by atoms with Crippen LogP contribution in [0.1, 0.15) is 5.56 Å². The van der Waals surface area contributed by atoms with Crippen molar-refractivity contribution in [1.82, 2.24) is 5.32 Å². The lowest BCUT2D eigenvalue weighted by Crippen LogP contribution is -2.42. The van der Waals surface area contributed by atoms with Gasteiger partial charge in [-0.15, -0.1) is 0 Å². The molecule has 2 aromatic rings. The minimum absolute atomic E-state index is 0.0729. The molecule has 0 aliphatic carbocycles. The lowest BCUT2D eigenvalue weighted by molar-refractivity contribution is -0.141. The lowest BCUT2D eigenvalue weighted by atomic mass is 10.00. The number of amides is 1. The fourth-order valence-corrected chi connectivity index (χ4v) is 2.53. The molecule has 2 N–H and O–H groups in total. The van der Waals surface area contributed by atoms with Gasteiger partial charge in [-0.1, -0.05) is 58.4 Å². The molecular weight excluding hydrogens is 374 g/mol. The number of carbonyl (C=O) groups is 2. The first-order chi connectivity index (χ1) is 11.5. The predicted octanol–water partition coefficient (Wildman–Crippen LogP) is 2.87. The second-order valence-corrected chi connectivity index (χ2v) is 5.75. The molecule has 0 radical (unpaired) electrons. The Bertz CT molecular complexity index is 715. The van der Waals surface area contributed by atoms with Gasteiger partial charge in [0.1, 0.15) is 11.8 Å². The third-order valence-electron chi connectivity index (χ3n) is 3.57. The average molecular weight is 392 g/mol. The third kappa shape index (κ3) is 4.58. The highest BCUT2D eigenvalue weighted by Crippen LogP contribution is 2.29. The molecule has 126 valence electrons. The predicted molar refractivity (Wildman–Crippen MR) is 95.5 cm³/mol. The maximum atomic E-state index is 11.4. The molecule has 0 aromatic heterocycles. The zero-order valence-electron chi connectivity index (χ0n) is 13.2. The number of hydrogen-bond donors (Lipinski definition) is 2. The number of rotatable bonds is 7. The van der Waals surface area contributed by atoms with Gasteiger partial charge in [-0.3, -0.25) is 4.79 Å². The molecule has 0 aliphatic heterocycles. The van der Waals surface area contributed by atoms with Gasteiger partial charge >= 0.3 is 5.97 Å². The molecule has 0 saturated carbocycles. The number of carbonyl (C=O) groups excluding carboxylic acids is 1. The van der Waals surface area contributed by atoms with E-state index in [-0.39, 0.29) is 17.7 Å². The van der Waals surface area contributed by atoms with E-state index in [9.17, 15) is 14.7 Å². The van der Waals surface area contributed by atoms with Crippen LogP contribution in [0.4, 0.5) is 0 Å². The van der Waals surface area contributed by atoms with Crippen molar-refractivity contribution in [1.29, 1.82) is 0 Å². The van der Waals surface area contributed by atoms with Gasteiger partial charge in [0.2, 0.25) is 5.91 Å². The summed E-state index contributed by atoms with van der Waals surface area (Å²) < 4.78 is 5.35. The molecule has 6 heteroatoms. The Labute approximate surface area is 148 Å². The summed E-state index contributed by atoms with van der Waals surface area (Å²) in [4.78, 5) is 22.7. The van der Waals surface area contributed by atoms with E-state index in [4.69, 9.17) is 4.74 Å². The molecule has 0 bridgehead atoms. The van der Waals surface area contributed by atoms with Gasteiger partial charge in [-0.2, -0.15) is 0 Å². The van der Waals surface area contributed by atoms with Gasteiger partial charge < -0.3 is 15.2 Å². The molecule has 0 saturated heterocycles. The molecule has 24 heavy (non-hydrogen) atoms. The van der Waals surface area contributed by atoms with Gasteiger partial charge in [0, 0.05) is 12.0 Å². The smallest absolute Gasteiger partial charge is 0.326 e. The fourth-order valence-electron chi connectivity index (χ4n) is 2.37. The molecule has 0 heterocycles. The zero-order valence-corrected chi connectivity index (χ0v) is 14.7. The van der Waals surface area contributed by atoms with E-state index < -0.39 is 12.0 Å². The molecule has 0 fully saturated rings. The molecule has 0 spiro atoms. The van der Waals surface area contributed by atoms with Crippen LogP contribution in [0.15, 0.2) is 48.5 Å². The summed E-state index contributed by atoms with van der Waals surface area (Å²) in [6, 6.07) is 14.3. The first-order valence-corrected chi connectivity index (χ1v) is 8.47. The van der Waals surface area contributed by atoms with Gasteiger partial charge in [0.25, 0.3) is 0 Å². The normalized spacial score (nSPS) is 11.6.